The lowest BCUT2D eigenvalue weighted by molar-refractivity contribution is 0.480. The second-order valence-corrected chi connectivity index (χ2v) is 4.96. The maximum atomic E-state index is 12.9. The highest BCUT2D eigenvalue weighted by Gasteiger charge is 2.09. The first kappa shape index (κ1) is 14.1. The molecule has 0 spiro atoms. The number of hydrogen-bond acceptors (Lipinski definition) is 2. The normalized spacial score (nSPS) is 12.3. The fourth-order valence-corrected chi connectivity index (χ4v) is 2.17. The molecule has 5 heteroatoms. The lowest BCUT2D eigenvalue weighted by Crippen LogP contribution is -2.05. The van der Waals surface area contributed by atoms with Gasteiger partial charge in [0.1, 0.15) is 17.3 Å². The number of nitrogens with two attached hydrogens (primary N) is 1. The summed E-state index contributed by atoms with van der Waals surface area (Å²) >= 11 is 12.0. The van der Waals surface area contributed by atoms with Crippen molar-refractivity contribution in [1.29, 1.82) is 0 Å². The van der Waals surface area contributed by atoms with Gasteiger partial charge in [-0.05, 0) is 42.8 Å². The Bertz CT molecular complexity index is 602. The van der Waals surface area contributed by atoms with Gasteiger partial charge in [0.2, 0.25) is 0 Å². The molecule has 0 bridgehead atoms. The third-order valence-corrected chi connectivity index (χ3v) is 3.21. The molecule has 19 heavy (non-hydrogen) atoms. The molecule has 0 fully saturated rings. The highest BCUT2D eigenvalue weighted by molar-refractivity contribution is 6.32. The topological polar surface area (TPSA) is 35.2 Å². The van der Waals surface area contributed by atoms with Gasteiger partial charge >= 0.3 is 0 Å². The summed E-state index contributed by atoms with van der Waals surface area (Å²) in [7, 11) is 0. The molecule has 0 amide bonds. The van der Waals surface area contributed by atoms with Gasteiger partial charge in [-0.3, -0.25) is 0 Å². The summed E-state index contributed by atoms with van der Waals surface area (Å²) in [5.41, 5.74) is 6.60. The molecule has 0 aromatic heterocycles. The largest absolute Gasteiger partial charge is 0.456 e. The lowest BCUT2D eigenvalue weighted by atomic mass is 10.1. The number of benzene rings is 2. The van der Waals surface area contributed by atoms with Crippen molar-refractivity contribution in [2.45, 2.75) is 13.0 Å². The highest BCUT2D eigenvalue weighted by Crippen LogP contribution is 2.32. The minimum absolute atomic E-state index is 0.157. The summed E-state index contributed by atoms with van der Waals surface area (Å²) in [5.74, 6) is 0.471. The van der Waals surface area contributed by atoms with Crippen LogP contribution in [0.3, 0.4) is 0 Å². The molecule has 2 N–H and O–H groups in total. The van der Waals surface area contributed by atoms with Crippen LogP contribution in [0.15, 0.2) is 36.4 Å². The van der Waals surface area contributed by atoms with Crippen LogP contribution in [0.1, 0.15) is 18.5 Å². The Hall–Kier alpha value is -1.29. The van der Waals surface area contributed by atoms with Crippen LogP contribution in [0.5, 0.6) is 11.5 Å². The van der Waals surface area contributed by atoms with Crippen molar-refractivity contribution in [2.24, 2.45) is 5.73 Å². The predicted octanol–water partition coefficient (Wildman–Crippen LogP) is 4.94. The average Bonchev–Trinajstić information content (AvgIpc) is 2.32. The summed E-state index contributed by atoms with van der Waals surface area (Å²) < 4.78 is 18.5. The van der Waals surface area contributed by atoms with Crippen LogP contribution in [-0.2, 0) is 0 Å². The Balaban J connectivity index is 2.26. The van der Waals surface area contributed by atoms with E-state index in [-0.39, 0.29) is 11.1 Å². The number of hydrogen-bond donors (Lipinski definition) is 1. The first-order valence-corrected chi connectivity index (χ1v) is 6.41. The molecule has 2 nitrogen and oxygen atoms in total. The van der Waals surface area contributed by atoms with Crippen LogP contribution in [0.25, 0.3) is 0 Å². The summed E-state index contributed by atoms with van der Waals surface area (Å²) in [4.78, 5) is 0. The Labute approximate surface area is 120 Å². The SMILES string of the molecule is CC(N)c1ccc(Oc2ccc(F)cc2Cl)cc1Cl. The van der Waals surface area contributed by atoms with E-state index >= 15 is 0 Å². The molecule has 2 rings (SSSR count). The van der Waals surface area contributed by atoms with Gasteiger partial charge in [0, 0.05) is 11.1 Å². The summed E-state index contributed by atoms with van der Waals surface area (Å²) in [6.45, 7) is 1.85. The fourth-order valence-electron chi connectivity index (χ4n) is 1.63. The van der Waals surface area contributed by atoms with Crippen LogP contribution in [0, 0.1) is 5.82 Å². The Morgan fingerprint density at radius 2 is 1.84 bits per heavy atom. The van der Waals surface area contributed by atoms with Gasteiger partial charge in [-0.2, -0.15) is 0 Å². The summed E-state index contributed by atoms with van der Waals surface area (Å²) in [6, 6.07) is 8.96. The van der Waals surface area contributed by atoms with Crippen LogP contribution >= 0.6 is 23.2 Å². The zero-order valence-corrected chi connectivity index (χ0v) is 11.7. The van der Waals surface area contributed by atoms with Crippen molar-refractivity contribution in [1.82, 2.24) is 0 Å². The molecule has 0 aliphatic carbocycles. The van der Waals surface area contributed by atoms with Gasteiger partial charge < -0.3 is 10.5 Å². The van der Waals surface area contributed by atoms with Crippen LogP contribution < -0.4 is 10.5 Å². The van der Waals surface area contributed by atoms with E-state index in [0.29, 0.717) is 16.5 Å². The number of halogens is 3. The van der Waals surface area contributed by atoms with Crippen molar-refractivity contribution >= 4 is 23.2 Å². The quantitative estimate of drug-likeness (QED) is 0.871. The van der Waals surface area contributed by atoms with E-state index in [1.165, 1.54) is 18.2 Å². The first-order chi connectivity index (χ1) is 8.97. The van der Waals surface area contributed by atoms with E-state index in [4.69, 9.17) is 33.7 Å². The highest BCUT2D eigenvalue weighted by atomic mass is 35.5. The molecular weight excluding hydrogens is 288 g/mol. The molecule has 1 atom stereocenters. The molecule has 100 valence electrons. The van der Waals surface area contributed by atoms with Crippen molar-refractivity contribution < 1.29 is 9.13 Å². The zero-order valence-electron chi connectivity index (χ0n) is 10.2. The smallest absolute Gasteiger partial charge is 0.146 e. The van der Waals surface area contributed by atoms with Gasteiger partial charge in [0.25, 0.3) is 0 Å². The van der Waals surface area contributed by atoms with Crippen molar-refractivity contribution in [3.63, 3.8) is 0 Å². The monoisotopic (exact) mass is 299 g/mol. The number of ether oxygens (including phenoxy) is 1. The first-order valence-electron chi connectivity index (χ1n) is 5.65. The van der Waals surface area contributed by atoms with Gasteiger partial charge in [0.15, 0.2) is 0 Å². The van der Waals surface area contributed by atoms with Gasteiger partial charge in [-0.25, -0.2) is 4.39 Å². The zero-order chi connectivity index (χ0) is 14.0. The maximum absolute atomic E-state index is 12.9. The van der Waals surface area contributed by atoms with E-state index in [2.05, 4.69) is 0 Å². The molecule has 0 heterocycles. The van der Waals surface area contributed by atoms with Crippen molar-refractivity contribution in [3.05, 3.63) is 57.8 Å². The van der Waals surface area contributed by atoms with Gasteiger partial charge in [-0.1, -0.05) is 29.3 Å². The van der Waals surface area contributed by atoms with E-state index in [0.717, 1.165) is 5.56 Å². The Kier molecular flexibility index (Phi) is 4.30. The minimum Gasteiger partial charge on any atom is -0.456 e. The molecule has 2 aromatic rings. The van der Waals surface area contributed by atoms with Crippen molar-refractivity contribution in [3.8, 4) is 11.5 Å². The lowest BCUT2D eigenvalue weighted by Gasteiger charge is -2.11. The molecule has 0 saturated heterocycles. The van der Waals surface area contributed by atoms with E-state index in [1.807, 2.05) is 6.92 Å². The molecule has 2 aromatic carbocycles. The summed E-state index contributed by atoms with van der Waals surface area (Å²) in [6.07, 6.45) is 0. The van der Waals surface area contributed by atoms with Crippen LogP contribution in [-0.4, -0.2) is 0 Å². The standard InChI is InChI=1S/C14H12Cl2FNO/c1-8(18)11-4-3-10(7-12(11)15)19-14-5-2-9(17)6-13(14)16/h2-8H,18H2,1H3. The molecule has 0 radical (unpaired) electrons. The van der Waals surface area contributed by atoms with E-state index in [9.17, 15) is 4.39 Å². The maximum Gasteiger partial charge on any atom is 0.146 e. The Morgan fingerprint density at radius 1 is 1.11 bits per heavy atom. The van der Waals surface area contributed by atoms with E-state index < -0.39 is 5.82 Å². The molecule has 0 aliphatic heterocycles. The third kappa shape index (κ3) is 3.38. The van der Waals surface area contributed by atoms with Gasteiger partial charge in [0.05, 0.1) is 5.02 Å². The molecule has 0 aliphatic rings. The Morgan fingerprint density at radius 3 is 2.42 bits per heavy atom. The van der Waals surface area contributed by atoms with Crippen molar-refractivity contribution in [2.75, 3.05) is 0 Å². The second-order valence-electron chi connectivity index (χ2n) is 4.15. The van der Waals surface area contributed by atoms with Gasteiger partial charge in [-0.15, -0.1) is 0 Å². The predicted molar refractivity (Wildman–Crippen MR) is 75.5 cm³/mol. The second kappa shape index (κ2) is 5.78. The fraction of sp³-hybridized carbons (Fsp3) is 0.143. The van der Waals surface area contributed by atoms with Crippen LogP contribution in [0.4, 0.5) is 4.39 Å². The third-order valence-electron chi connectivity index (χ3n) is 2.58. The average molecular weight is 300 g/mol. The number of rotatable bonds is 3. The molecular formula is C14H12Cl2FNO. The molecule has 0 saturated carbocycles. The minimum atomic E-state index is -0.414. The van der Waals surface area contributed by atoms with Crippen LogP contribution in [0.2, 0.25) is 10.0 Å². The molecule has 1 unspecified atom stereocenters. The van der Waals surface area contributed by atoms with E-state index in [1.54, 1.807) is 18.2 Å². The summed E-state index contributed by atoms with van der Waals surface area (Å²) in [5, 5.41) is 0.720.